The average Bonchev–Trinajstić information content (AvgIpc) is 3.13. The van der Waals surface area contributed by atoms with Crippen molar-refractivity contribution in [2.24, 2.45) is 7.05 Å². The lowest BCUT2D eigenvalue weighted by Crippen LogP contribution is -2.35. The van der Waals surface area contributed by atoms with E-state index < -0.39 is 15.9 Å². The van der Waals surface area contributed by atoms with Gasteiger partial charge in [-0.15, -0.1) is 0 Å². The molecule has 3 rings (SSSR count). The zero-order valence-electron chi connectivity index (χ0n) is 17.3. The summed E-state index contributed by atoms with van der Waals surface area (Å²) < 4.78 is 28.2. The van der Waals surface area contributed by atoms with Crippen LogP contribution < -0.4 is 5.32 Å². The maximum atomic E-state index is 12.7. The number of ketones is 1. The van der Waals surface area contributed by atoms with Gasteiger partial charge in [-0.3, -0.25) is 9.59 Å². The molecule has 1 heterocycles. The van der Waals surface area contributed by atoms with E-state index in [0.29, 0.717) is 11.3 Å². The van der Waals surface area contributed by atoms with Crippen molar-refractivity contribution in [3.63, 3.8) is 0 Å². The molecule has 0 radical (unpaired) electrons. The van der Waals surface area contributed by atoms with E-state index in [0.717, 1.165) is 14.4 Å². The molecule has 0 aliphatic heterocycles. The number of hydrogen-bond donors (Lipinski definition) is 1. The molecule has 2 aromatic carbocycles. The second-order valence-electron chi connectivity index (χ2n) is 6.84. The fraction of sp³-hybridized carbons (Fsp3) is 0.190. The number of amides is 1. The zero-order valence-corrected chi connectivity index (χ0v) is 18.9. The van der Waals surface area contributed by atoms with Gasteiger partial charge >= 0.3 is 0 Å². The number of carbonyl (C=O) groups excluding carboxylic acids is 2. The number of rotatable bonds is 8. The van der Waals surface area contributed by atoms with E-state index in [4.69, 9.17) is 0 Å². The van der Waals surface area contributed by atoms with Crippen LogP contribution in [-0.4, -0.2) is 47.6 Å². The number of aromatic nitrogens is 2. The van der Waals surface area contributed by atoms with Crippen LogP contribution in [0.3, 0.4) is 0 Å². The van der Waals surface area contributed by atoms with E-state index in [1.807, 2.05) is 29.9 Å². The number of sulfonamides is 1. The van der Waals surface area contributed by atoms with E-state index in [2.05, 4.69) is 10.3 Å². The Balaban J connectivity index is 1.60. The Bertz CT molecular complexity index is 1190. The molecule has 0 atom stereocenters. The quantitative estimate of drug-likeness (QED) is 0.521. The van der Waals surface area contributed by atoms with Crippen molar-refractivity contribution in [1.29, 1.82) is 0 Å². The molecule has 162 valence electrons. The number of carbonyl (C=O) groups is 2. The molecule has 0 saturated carbocycles. The fourth-order valence-electron chi connectivity index (χ4n) is 2.69. The number of likely N-dealkylation sites (N-methyl/N-ethyl adjacent to an activating group) is 1. The molecule has 0 spiro atoms. The molecule has 0 unspecified atom stereocenters. The van der Waals surface area contributed by atoms with Crippen molar-refractivity contribution in [2.75, 3.05) is 18.9 Å². The Kier molecular flexibility index (Phi) is 6.94. The third-order valence-electron chi connectivity index (χ3n) is 4.46. The molecule has 0 aliphatic carbocycles. The summed E-state index contributed by atoms with van der Waals surface area (Å²) in [6.45, 7) is 1.06. The molecule has 0 fully saturated rings. The summed E-state index contributed by atoms with van der Waals surface area (Å²) in [6, 6.07) is 12.8. The number of Topliss-reactive ketones (excluding diaryl/α,β-unsaturated/α-hetero) is 1. The van der Waals surface area contributed by atoms with Gasteiger partial charge in [0.1, 0.15) is 0 Å². The van der Waals surface area contributed by atoms with Crippen LogP contribution in [-0.2, 0) is 21.9 Å². The molecule has 10 heteroatoms. The van der Waals surface area contributed by atoms with Gasteiger partial charge in [-0.2, -0.15) is 4.31 Å². The highest BCUT2D eigenvalue weighted by Gasteiger charge is 2.23. The zero-order chi connectivity index (χ0) is 22.6. The van der Waals surface area contributed by atoms with E-state index in [1.54, 1.807) is 18.3 Å². The van der Waals surface area contributed by atoms with Gasteiger partial charge in [-0.1, -0.05) is 23.9 Å². The number of anilines is 1. The first-order chi connectivity index (χ1) is 14.7. The van der Waals surface area contributed by atoms with Crippen LogP contribution in [0.2, 0.25) is 0 Å². The Hall–Kier alpha value is -2.95. The first kappa shape index (κ1) is 22.7. The van der Waals surface area contributed by atoms with Crippen molar-refractivity contribution < 1.29 is 18.0 Å². The first-order valence-corrected chi connectivity index (χ1v) is 11.5. The molecular formula is C21H22N4O4S2. The number of hydrogen-bond acceptors (Lipinski definition) is 6. The Labute approximate surface area is 185 Å². The number of imidazole rings is 1. The van der Waals surface area contributed by atoms with Gasteiger partial charge in [-0.05, 0) is 43.3 Å². The van der Waals surface area contributed by atoms with Crippen LogP contribution in [0.25, 0.3) is 0 Å². The number of aryl methyl sites for hydroxylation is 1. The SMILES string of the molecule is CC(=O)c1ccc(S(=O)(=O)N(C)CC(=O)Nc2ccc(Sc3nccn3C)cc2)cc1. The Morgan fingerprint density at radius 3 is 2.29 bits per heavy atom. The minimum absolute atomic E-state index is 0.0171. The predicted molar refractivity (Wildman–Crippen MR) is 119 cm³/mol. The van der Waals surface area contributed by atoms with Gasteiger partial charge in [-0.25, -0.2) is 13.4 Å². The molecule has 0 aliphatic rings. The second-order valence-corrected chi connectivity index (χ2v) is 9.92. The highest BCUT2D eigenvalue weighted by atomic mass is 32.2. The van der Waals surface area contributed by atoms with Gasteiger partial charge in [0.05, 0.1) is 11.4 Å². The second kappa shape index (κ2) is 9.46. The Morgan fingerprint density at radius 1 is 1.10 bits per heavy atom. The number of benzene rings is 2. The van der Waals surface area contributed by atoms with Crippen molar-refractivity contribution in [1.82, 2.24) is 13.9 Å². The van der Waals surface area contributed by atoms with Crippen LogP contribution in [0.15, 0.2) is 75.9 Å². The largest absolute Gasteiger partial charge is 0.329 e. The van der Waals surface area contributed by atoms with Crippen molar-refractivity contribution in [3.05, 3.63) is 66.5 Å². The van der Waals surface area contributed by atoms with Gasteiger partial charge in [0.2, 0.25) is 15.9 Å². The van der Waals surface area contributed by atoms with Gasteiger partial charge in [0.25, 0.3) is 0 Å². The normalized spacial score (nSPS) is 11.5. The van der Waals surface area contributed by atoms with Gasteiger partial charge < -0.3 is 9.88 Å². The average molecular weight is 459 g/mol. The molecule has 0 bridgehead atoms. The van der Waals surface area contributed by atoms with Gasteiger partial charge in [0.15, 0.2) is 10.9 Å². The van der Waals surface area contributed by atoms with E-state index in [-0.39, 0.29) is 17.2 Å². The number of nitrogens with one attached hydrogen (secondary N) is 1. The van der Waals surface area contributed by atoms with Crippen LogP contribution in [0.4, 0.5) is 5.69 Å². The van der Waals surface area contributed by atoms with Crippen LogP contribution in [0.1, 0.15) is 17.3 Å². The third-order valence-corrected chi connectivity index (χ3v) is 7.36. The summed E-state index contributed by atoms with van der Waals surface area (Å²) in [5.74, 6) is -0.614. The Morgan fingerprint density at radius 2 is 1.74 bits per heavy atom. The summed E-state index contributed by atoms with van der Waals surface area (Å²) >= 11 is 1.49. The minimum Gasteiger partial charge on any atom is -0.329 e. The van der Waals surface area contributed by atoms with E-state index in [9.17, 15) is 18.0 Å². The summed E-state index contributed by atoms with van der Waals surface area (Å²) in [6.07, 6.45) is 3.58. The molecule has 8 nitrogen and oxygen atoms in total. The van der Waals surface area contributed by atoms with Crippen LogP contribution >= 0.6 is 11.8 Å². The van der Waals surface area contributed by atoms with Crippen LogP contribution in [0, 0.1) is 0 Å². The van der Waals surface area contributed by atoms with Gasteiger partial charge in [0, 0.05) is 42.6 Å². The lowest BCUT2D eigenvalue weighted by Gasteiger charge is -2.17. The lowest BCUT2D eigenvalue weighted by molar-refractivity contribution is -0.116. The van der Waals surface area contributed by atoms with Crippen molar-refractivity contribution in [2.45, 2.75) is 21.9 Å². The smallest absolute Gasteiger partial charge is 0.243 e. The monoisotopic (exact) mass is 458 g/mol. The van der Waals surface area contributed by atoms with Crippen molar-refractivity contribution >= 4 is 39.2 Å². The highest BCUT2D eigenvalue weighted by Crippen LogP contribution is 2.26. The first-order valence-electron chi connectivity index (χ1n) is 9.29. The molecule has 1 aromatic heterocycles. The minimum atomic E-state index is -3.86. The summed E-state index contributed by atoms with van der Waals surface area (Å²) in [7, 11) is -0.617. The molecule has 31 heavy (non-hydrogen) atoms. The fourth-order valence-corrected chi connectivity index (χ4v) is 4.62. The molecule has 1 N–H and O–H groups in total. The third kappa shape index (κ3) is 5.60. The summed E-state index contributed by atoms with van der Waals surface area (Å²) in [5.41, 5.74) is 0.981. The van der Waals surface area contributed by atoms with E-state index >= 15 is 0 Å². The molecular weight excluding hydrogens is 436 g/mol. The summed E-state index contributed by atoms with van der Waals surface area (Å²) in [4.78, 5) is 28.9. The topological polar surface area (TPSA) is 101 Å². The molecule has 1 amide bonds. The standard InChI is InChI=1S/C21H22N4O4S2/c1-15(26)16-4-10-19(11-5-16)31(28,29)25(3)14-20(27)23-17-6-8-18(9-7-17)30-21-22-12-13-24(21)2/h4-13H,14H2,1-3H3,(H,23,27). The number of nitrogens with zero attached hydrogens (tertiary/aromatic N) is 3. The maximum absolute atomic E-state index is 12.7. The predicted octanol–water partition coefficient (Wildman–Crippen LogP) is 3.03. The molecule has 0 saturated heterocycles. The maximum Gasteiger partial charge on any atom is 0.243 e. The van der Waals surface area contributed by atoms with Crippen molar-refractivity contribution in [3.8, 4) is 0 Å². The molecule has 3 aromatic rings. The lowest BCUT2D eigenvalue weighted by atomic mass is 10.2. The van der Waals surface area contributed by atoms with E-state index in [1.165, 1.54) is 50.0 Å². The van der Waals surface area contributed by atoms with Crippen LogP contribution in [0.5, 0.6) is 0 Å². The highest BCUT2D eigenvalue weighted by molar-refractivity contribution is 7.99. The summed E-state index contributed by atoms with van der Waals surface area (Å²) in [5, 5.41) is 3.55.